The van der Waals surface area contributed by atoms with Crippen LogP contribution >= 0.6 is 24.0 Å². The van der Waals surface area contributed by atoms with Gasteiger partial charge in [0.2, 0.25) is 0 Å². The predicted molar refractivity (Wildman–Crippen MR) is 127 cm³/mol. The fourth-order valence-electron chi connectivity index (χ4n) is 3.99. The van der Waals surface area contributed by atoms with Gasteiger partial charge in [-0.3, -0.25) is 4.99 Å². The molecule has 2 unspecified atom stereocenters. The number of benzene rings is 1. The molecular weight excluding hydrogens is 461 g/mol. The summed E-state index contributed by atoms with van der Waals surface area (Å²) in [6, 6.07) is 17.4. The highest BCUT2D eigenvalue weighted by Crippen LogP contribution is 2.46. The van der Waals surface area contributed by atoms with Crippen molar-refractivity contribution >= 4 is 35.8 Å². The van der Waals surface area contributed by atoms with Gasteiger partial charge in [-0.2, -0.15) is 0 Å². The van der Waals surface area contributed by atoms with Crippen molar-refractivity contribution < 1.29 is 0 Å². The number of guanidine groups is 1. The van der Waals surface area contributed by atoms with E-state index in [1.54, 1.807) is 0 Å². The quantitative estimate of drug-likeness (QED) is 0.381. The molecule has 1 aliphatic carbocycles. The van der Waals surface area contributed by atoms with Crippen molar-refractivity contribution in [2.75, 3.05) is 31.6 Å². The average molecular weight is 491 g/mol. The van der Waals surface area contributed by atoms with Crippen molar-refractivity contribution in [1.82, 2.24) is 15.6 Å². The Balaban J connectivity index is 0.00000225. The van der Waals surface area contributed by atoms with E-state index in [0.717, 1.165) is 50.2 Å². The van der Waals surface area contributed by atoms with Crippen molar-refractivity contribution in [2.45, 2.75) is 31.2 Å². The van der Waals surface area contributed by atoms with E-state index in [2.05, 4.69) is 68.0 Å². The Hall–Kier alpha value is -1.83. The summed E-state index contributed by atoms with van der Waals surface area (Å²) in [5.41, 5.74) is 1.47. The van der Waals surface area contributed by atoms with Crippen LogP contribution in [0.2, 0.25) is 0 Å². The van der Waals surface area contributed by atoms with Crippen LogP contribution in [0.5, 0.6) is 0 Å². The van der Waals surface area contributed by atoms with Gasteiger partial charge in [0.05, 0.1) is 0 Å². The second-order valence-electron chi connectivity index (χ2n) is 7.56. The van der Waals surface area contributed by atoms with Gasteiger partial charge in [0.15, 0.2) is 5.96 Å². The molecule has 0 bridgehead atoms. The number of aliphatic imine (C=N–C) groups is 1. The molecule has 1 saturated carbocycles. The van der Waals surface area contributed by atoms with Crippen LogP contribution in [0.15, 0.2) is 59.7 Å². The number of hydrogen-bond donors (Lipinski definition) is 2. The Morgan fingerprint density at radius 1 is 1.11 bits per heavy atom. The lowest BCUT2D eigenvalue weighted by Gasteiger charge is -2.33. The standard InChI is InChI=1S/C22H29N5.HI/c1-23-22(25-16-18-15-20(18)17-7-3-2-4-8-17)26-19-10-13-27(14-11-19)21-9-5-6-12-24-21;/h2-9,12,18-20H,10-11,13-16H2,1H3,(H2,23,25,26);1H. The molecule has 1 aromatic heterocycles. The highest BCUT2D eigenvalue weighted by atomic mass is 127. The third kappa shape index (κ3) is 5.37. The van der Waals surface area contributed by atoms with Crippen LogP contribution in [0.25, 0.3) is 0 Å². The number of anilines is 1. The van der Waals surface area contributed by atoms with Crippen LogP contribution in [0.3, 0.4) is 0 Å². The zero-order chi connectivity index (χ0) is 18.5. The summed E-state index contributed by atoms with van der Waals surface area (Å²) in [5.74, 6) is 3.44. The molecule has 28 heavy (non-hydrogen) atoms. The SMILES string of the molecule is CN=C(NCC1CC1c1ccccc1)NC1CCN(c2ccccn2)CC1.I. The minimum absolute atomic E-state index is 0. The van der Waals surface area contributed by atoms with Crippen molar-refractivity contribution in [3.05, 3.63) is 60.3 Å². The fourth-order valence-corrected chi connectivity index (χ4v) is 3.99. The number of nitrogens with one attached hydrogen (secondary N) is 2. The summed E-state index contributed by atoms with van der Waals surface area (Å²) < 4.78 is 0. The molecule has 2 atom stereocenters. The van der Waals surface area contributed by atoms with E-state index in [1.807, 2.05) is 19.3 Å². The van der Waals surface area contributed by atoms with Crippen LogP contribution < -0.4 is 15.5 Å². The number of aromatic nitrogens is 1. The Kier molecular flexibility index (Phi) is 7.53. The number of nitrogens with zero attached hydrogens (tertiary/aromatic N) is 3. The molecule has 2 aromatic rings. The summed E-state index contributed by atoms with van der Waals surface area (Å²) in [6.07, 6.45) is 5.35. The fraction of sp³-hybridized carbons (Fsp3) is 0.455. The zero-order valence-electron chi connectivity index (χ0n) is 16.4. The first-order valence-electron chi connectivity index (χ1n) is 10.0. The Morgan fingerprint density at radius 2 is 1.86 bits per heavy atom. The van der Waals surface area contributed by atoms with Gasteiger partial charge in [-0.25, -0.2) is 4.98 Å². The number of hydrogen-bond acceptors (Lipinski definition) is 3. The lowest BCUT2D eigenvalue weighted by Crippen LogP contribution is -2.49. The normalized spacial score (nSPS) is 22.3. The minimum Gasteiger partial charge on any atom is -0.356 e. The number of rotatable bonds is 5. The van der Waals surface area contributed by atoms with Crippen LogP contribution in [0.4, 0.5) is 5.82 Å². The highest BCUT2D eigenvalue weighted by Gasteiger charge is 2.37. The second kappa shape index (κ2) is 10.1. The van der Waals surface area contributed by atoms with Gasteiger partial charge >= 0.3 is 0 Å². The lowest BCUT2D eigenvalue weighted by molar-refractivity contribution is 0.459. The third-order valence-corrected chi connectivity index (χ3v) is 5.71. The van der Waals surface area contributed by atoms with Crippen molar-refractivity contribution in [1.29, 1.82) is 0 Å². The molecule has 1 aromatic carbocycles. The van der Waals surface area contributed by atoms with Crippen molar-refractivity contribution in [3.63, 3.8) is 0 Å². The van der Waals surface area contributed by atoms with E-state index < -0.39 is 0 Å². The van der Waals surface area contributed by atoms with Crippen LogP contribution in [-0.4, -0.2) is 43.7 Å². The average Bonchev–Trinajstić information content (AvgIpc) is 3.52. The Bertz CT molecular complexity index is 744. The zero-order valence-corrected chi connectivity index (χ0v) is 18.8. The summed E-state index contributed by atoms with van der Waals surface area (Å²) in [6.45, 7) is 3.06. The summed E-state index contributed by atoms with van der Waals surface area (Å²) in [4.78, 5) is 11.3. The molecule has 2 heterocycles. The summed E-state index contributed by atoms with van der Waals surface area (Å²) >= 11 is 0. The molecule has 2 fully saturated rings. The van der Waals surface area contributed by atoms with Crippen molar-refractivity contribution in [3.8, 4) is 0 Å². The molecule has 6 heteroatoms. The Labute approximate surface area is 185 Å². The molecule has 5 nitrogen and oxygen atoms in total. The van der Waals surface area contributed by atoms with E-state index >= 15 is 0 Å². The van der Waals surface area contributed by atoms with Gasteiger partial charge in [0, 0.05) is 38.9 Å². The van der Waals surface area contributed by atoms with E-state index in [0.29, 0.717) is 12.0 Å². The molecule has 150 valence electrons. The van der Waals surface area contributed by atoms with E-state index in [-0.39, 0.29) is 24.0 Å². The van der Waals surface area contributed by atoms with Crippen LogP contribution in [0, 0.1) is 5.92 Å². The number of pyridine rings is 1. The highest BCUT2D eigenvalue weighted by molar-refractivity contribution is 14.0. The van der Waals surface area contributed by atoms with Gasteiger partial charge < -0.3 is 15.5 Å². The maximum atomic E-state index is 4.46. The predicted octanol–water partition coefficient (Wildman–Crippen LogP) is 3.64. The molecule has 1 saturated heterocycles. The van der Waals surface area contributed by atoms with Gasteiger partial charge in [-0.15, -0.1) is 24.0 Å². The molecule has 0 radical (unpaired) electrons. The first kappa shape index (κ1) is 20.9. The van der Waals surface area contributed by atoms with Gasteiger partial charge in [0.25, 0.3) is 0 Å². The molecule has 0 amide bonds. The lowest BCUT2D eigenvalue weighted by atomic mass is 10.1. The molecule has 0 spiro atoms. The largest absolute Gasteiger partial charge is 0.356 e. The number of piperidine rings is 1. The minimum atomic E-state index is 0. The third-order valence-electron chi connectivity index (χ3n) is 5.71. The molecule has 2 aliphatic rings. The van der Waals surface area contributed by atoms with Gasteiger partial charge in [0.1, 0.15) is 5.82 Å². The summed E-state index contributed by atoms with van der Waals surface area (Å²) in [7, 11) is 1.86. The summed E-state index contributed by atoms with van der Waals surface area (Å²) in [5, 5.41) is 7.14. The molecule has 1 aliphatic heterocycles. The number of halogens is 1. The van der Waals surface area contributed by atoms with E-state index in [9.17, 15) is 0 Å². The van der Waals surface area contributed by atoms with Crippen molar-refractivity contribution in [2.24, 2.45) is 10.9 Å². The van der Waals surface area contributed by atoms with E-state index in [1.165, 1.54) is 12.0 Å². The first-order valence-corrected chi connectivity index (χ1v) is 10.0. The molecular formula is C22H30IN5. The smallest absolute Gasteiger partial charge is 0.191 e. The second-order valence-corrected chi connectivity index (χ2v) is 7.56. The van der Waals surface area contributed by atoms with E-state index in [4.69, 9.17) is 0 Å². The Morgan fingerprint density at radius 3 is 2.54 bits per heavy atom. The van der Waals surface area contributed by atoms with Crippen LogP contribution in [0.1, 0.15) is 30.7 Å². The van der Waals surface area contributed by atoms with Crippen LogP contribution in [-0.2, 0) is 0 Å². The first-order chi connectivity index (χ1) is 13.3. The van der Waals surface area contributed by atoms with Gasteiger partial charge in [-0.05, 0) is 48.8 Å². The topological polar surface area (TPSA) is 52.6 Å². The molecule has 2 N–H and O–H groups in total. The van der Waals surface area contributed by atoms with Gasteiger partial charge in [-0.1, -0.05) is 36.4 Å². The molecule has 4 rings (SSSR count). The monoisotopic (exact) mass is 491 g/mol. The maximum absolute atomic E-state index is 4.46. The maximum Gasteiger partial charge on any atom is 0.191 e.